The number of hydrogen-bond donors (Lipinski definition) is 0. The SMILES string of the molecule is Cc1nc2cc(N3CCC(F)(F)[C@H](c4cnn(C)c4)C3)nc(-c3ccc(Cl)cc3F)c2c(=O)n1C. The molecule has 1 aromatic carbocycles. The van der Waals surface area contributed by atoms with Gasteiger partial charge in [-0.25, -0.2) is 23.1 Å². The van der Waals surface area contributed by atoms with Gasteiger partial charge in [0.15, 0.2) is 0 Å². The highest BCUT2D eigenvalue weighted by Crippen LogP contribution is 2.42. The topological polar surface area (TPSA) is 68.8 Å². The van der Waals surface area contributed by atoms with Crippen molar-refractivity contribution in [3.63, 3.8) is 0 Å². The summed E-state index contributed by atoms with van der Waals surface area (Å²) in [5.41, 5.74) is 0.532. The summed E-state index contributed by atoms with van der Waals surface area (Å²) in [6, 6.07) is 5.70. The van der Waals surface area contributed by atoms with E-state index in [4.69, 9.17) is 11.6 Å². The van der Waals surface area contributed by atoms with Gasteiger partial charge in [0.1, 0.15) is 17.5 Å². The Balaban J connectivity index is 1.69. The zero-order chi connectivity index (χ0) is 25.1. The standard InChI is InChI=1S/C24H22ClF3N6O/c1-13-30-19-9-20(34-7-6-24(27,28)17(12-34)14-10-29-32(2)11-14)31-22(21(19)23(35)33(13)3)16-5-4-15(25)8-18(16)26/h4-5,8-11,17H,6-7,12H2,1-3H3/t17-/m0/s1. The van der Waals surface area contributed by atoms with Crippen molar-refractivity contribution in [2.24, 2.45) is 14.1 Å². The molecule has 1 saturated heterocycles. The first-order valence-corrected chi connectivity index (χ1v) is 11.4. The highest BCUT2D eigenvalue weighted by Gasteiger charge is 2.45. The minimum absolute atomic E-state index is 0.0242. The van der Waals surface area contributed by atoms with Gasteiger partial charge in [-0.2, -0.15) is 5.10 Å². The van der Waals surface area contributed by atoms with Gasteiger partial charge < -0.3 is 4.90 Å². The van der Waals surface area contributed by atoms with Crippen LogP contribution in [-0.2, 0) is 14.1 Å². The molecule has 0 N–H and O–H groups in total. The number of hydrogen-bond acceptors (Lipinski definition) is 5. The Labute approximate surface area is 203 Å². The summed E-state index contributed by atoms with van der Waals surface area (Å²) in [7, 11) is 3.25. The smallest absolute Gasteiger partial charge is 0.263 e. The van der Waals surface area contributed by atoms with Crippen LogP contribution in [0.5, 0.6) is 0 Å². The molecule has 7 nitrogen and oxygen atoms in total. The molecular formula is C24H22ClF3N6O. The summed E-state index contributed by atoms with van der Waals surface area (Å²) in [5.74, 6) is -3.88. The van der Waals surface area contributed by atoms with Crippen molar-refractivity contribution in [3.05, 3.63) is 69.2 Å². The average Bonchev–Trinajstić information content (AvgIpc) is 3.22. The number of fused-ring (bicyclic) bond motifs is 1. The van der Waals surface area contributed by atoms with Gasteiger partial charge in [0.25, 0.3) is 11.5 Å². The largest absolute Gasteiger partial charge is 0.355 e. The molecule has 4 heterocycles. The predicted molar refractivity (Wildman–Crippen MR) is 128 cm³/mol. The lowest BCUT2D eigenvalue weighted by atomic mass is 9.88. The summed E-state index contributed by atoms with van der Waals surface area (Å²) in [4.78, 5) is 24.0. The molecule has 1 fully saturated rings. The molecule has 0 unspecified atom stereocenters. The third kappa shape index (κ3) is 4.05. The van der Waals surface area contributed by atoms with E-state index < -0.39 is 17.7 Å². The summed E-state index contributed by atoms with van der Waals surface area (Å²) in [5, 5.41) is 4.39. The molecular weight excluding hydrogens is 481 g/mol. The lowest BCUT2D eigenvalue weighted by Gasteiger charge is -2.38. The number of benzene rings is 1. The minimum Gasteiger partial charge on any atom is -0.355 e. The molecule has 0 spiro atoms. The zero-order valence-corrected chi connectivity index (χ0v) is 20.0. The quantitative estimate of drug-likeness (QED) is 0.414. The maximum atomic E-state index is 15.0. The van der Waals surface area contributed by atoms with Crippen LogP contribution in [0.4, 0.5) is 19.0 Å². The molecule has 4 aromatic rings. The third-order valence-corrected chi connectivity index (χ3v) is 6.77. The number of rotatable bonds is 3. The van der Waals surface area contributed by atoms with E-state index in [0.29, 0.717) is 22.7 Å². The number of aromatic nitrogens is 5. The van der Waals surface area contributed by atoms with Gasteiger partial charge in [-0.15, -0.1) is 0 Å². The average molecular weight is 503 g/mol. The second kappa shape index (κ2) is 8.37. The van der Waals surface area contributed by atoms with Crippen molar-refractivity contribution in [1.82, 2.24) is 24.3 Å². The third-order valence-electron chi connectivity index (χ3n) is 6.54. The van der Waals surface area contributed by atoms with E-state index in [-0.39, 0.29) is 46.7 Å². The van der Waals surface area contributed by atoms with Crippen LogP contribution >= 0.6 is 11.6 Å². The highest BCUT2D eigenvalue weighted by atomic mass is 35.5. The lowest BCUT2D eigenvalue weighted by molar-refractivity contribution is -0.0424. The van der Waals surface area contributed by atoms with Crippen LogP contribution in [0.15, 0.2) is 41.5 Å². The predicted octanol–water partition coefficient (Wildman–Crippen LogP) is 4.46. The molecule has 0 aliphatic carbocycles. The van der Waals surface area contributed by atoms with Crippen LogP contribution in [0, 0.1) is 12.7 Å². The maximum absolute atomic E-state index is 15.0. The Hall–Kier alpha value is -3.40. The van der Waals surface area contributed by atoms with Crippen molar-refractivity contribution in [3.8, 4) is 11.3 Å². The van der Waals surface area contributed by atoms with Crippen molar-refractivity contribution >= 4 is 28.3 Å². The van der Waals surface area contributed by atoms with E-state index >= 15 is 0 Å². The van der Waals surface area contributed by atoms with E-state index in [0.717, 1.165) is 6.07 Å². The minimum atomic E-state index is -2.92. The van der Waals surface area contributed by atoms with E-state index in [1.165, 1.54) is 27.6 Å². The first-order valence-electron chi connectivity index (χ1n) is 11.0. The molecule has 0 radical (unpaired) electrons. The monoisotopic (exact) mass is 502 g/mol. The number of pyridine rings is 1. The number of piperidine rings is 1. The fourth-order valence-electron chi connectivity index (χ4n) is 4.50. The van der Waals surface area contributed by atoms with Crippen molar-refractivity contribution in [1.29, 1.82) is 0 Å². The van der Waals surface area contributed by atoms with Crippen molar-refractivity contribution in [2.75, 3.05) is 18.0 Å². The molecule has 0 amide bonds. The molecule has 1 atom stereocenters. The molecule has 1 aliphatic heterocycles. The van der Waals surface area contributed by atoms with Gasteiger partial charge in [0.05, 0.1) is 28.7 Å². The summed E-state index contributed by atoms with van der Waals surface area (Å²) < 4.78 is 47.6. The van der Waals surface area contributed by atoms with Crippen LogP contribution in [0.1, 0.15) is 23.7 Å². The maximum Gasteiger partial charge on any atom is 0.263 e. The van der Waals surface area contributed by atoms with E-state index in [2.05, 4.69) is 15.1 Å². The van der Waals surface area contributed by atoms with E-state index in [1.807, 2.05) is 0 Å². The fourth-order valence-corrected chi connectivity index (χ4v) is 4.66. The van der Waals surface area contributed by atoms with Gasteiger partial charge >= 0.3 is 0 Å². The number of anilines is 1. The number of halogens is 4. The van der Waals surface area contributed by atoms with Gasteiger partial charge in [0.2, 0.25) is 0 Å². The Bertz CT molecular complexity index is 1520. The van der Waals surface area contributed by atoms with Crippen LogP contribution in [0.25, 0.3) is 22.2 Å². The Morgan fingerprint density at radius 2 is 1.94 bits per heavy atom. The van der Waals surface area contributed by atoms with Crippen LogP contribution < -0.4 is 10.5 Å². The first-order chi connectivity index (χ1) is 16.5. The van der Waals surface area contributed by atoms with Crippen LogP contribution in [-0.4, -0.2) is 43.3 Å². The number of nitrogens with zero attached hydrogens (tertiary/aromatic N) is 6. The summed E-state index contributed by atoms with van der Waals surface area (Å²) in [6.45, 7) is 1.70. The second-order valence-electron chi connectivity index (χ2n) is 8.83. The van der Waals surface area contributed by atoms with Crippen LogP contribution in [0.2, 0.25) is 5.02 Å². The van der Waals surface area contributed by atoms with E-state index in [9.17, 15) is 18.0 Å². The van der Waals surface area contributed by atoms with Gasteiger partial charge in [-0.3, -0.25) is 14.0 Å². The number of alkyl halides is 2. The summed E-state index contributed by atoms with van der Waals surface area (Å²) >= 11 is 5.93. The molecule has 182 valence electrons. The lowest BCUT2D eigenvalue weighted by Crippen LogP contribution is -2.46. The van der Waals surface area contributed by atoms with Crippen LogP contribution in [0.3, 0.4) is 0 Å². The highest BCUT2D eigenvalue weighted by molar-refractivity contribution is 6.30. The Kier molecular flexibility index (Phi) is 5.58. The van der Waals surface area contributed by atoms with Gasteiger partial charge in [0, 0.05) is 62.0 Å². The molecule has 1 aliphatic rings. The second-order valence-corrected chi connectivity index (χ2v) is 9.26. The normalized spacial score (nSPS) is 17.8. The molecule has 5 rings (SSSR count). The Morgan fingerprint density at radius 1 is 1.17 bits per heavy atom. The molecule has 35 heavy (non-hydrogen) atoms. The van der Waals surface area contributed by atoms with Crippen molar-refractivity contribution in [2.45, 2.75) is 25.2 Å². The molecule has 0 bridgehead atoms. The molecule has 3 aromatic heterocycles. The van der Waals surface area contributed by atoms with Crippen molar-refractivity contribution < 1.29 is 13.2 Å². The molecule has 0 saturated carbocycles. The number of aryl methyl sites for hydroxylation is 2. The Morgan fingerprint density at radius 3 is 2.63 bits per heavy atom. The van der Waals surface area contributed by atoms with Gasteiger partial charge in [-0.1, -0.05) is 11.6 Å². The molecule has 11 heteroatoms. The fraction of sp³-hybridized carbons (Fsp3) is 0.333. The van der Waals surface area contributed by atoms with E-state index in [1.54, 1.807) is 38.2 Å². The van der Waals surface area contributed by atoms with Gasteiger partial charge in [-0.05, 0) is 25.1 Å². The zero-order valence-electron chi connectivity index (χ0n) is 19.3. The first kappa shape index (κ1) is 23.3. The summed E-state index contributed by atoms with van der Waals surface area (Å²) in [6.07, 6.45) is 2.64.